The van der Waals surface area contributed by atoms with Crippen LogP contribution in [-0.2, 0) is 4.79 Å². The summed E-state index contributed by atoms with van der Waals surface area (Å²) >= 11 is 0. The SMILES string of the molecule is Cl.O=C(NCC1CCCCC1)C1CCNCC1. The Balaban J connectivity index is 0.00000144. The maximum absolute atomic E-state index is 11.9. The molecule has 2 aliphatic rings. The molecule has 0 aromatic rings. The predicted molar refractivity (Wildman–Crippen MR) is 72.4 cm³/mol. The van der Waals surface area contributed by atoms with Crippen LogP contribution in [-0.4, -0.2) is 25.5 Å². The van der Waals surface area contributed by atoms with Crippen molar-refractivity contribution in [3.63, 3.8) is 0 Å². The van der Waals surface area contributed by atoms with E-state index < -0.39 is 0 Å². The average molecular weight is 261 g/mol. The van der Waals surface area contributed by atoms with Crippen LogP contribution in [0.25, 0.3) is 0 Å². The van der Waals surface area contributed by atoms with Crippen molar-refractivity contribution in [2.24, 2.45) is 11.8 Å². The van der Waals surface area contributed by atoms with E-state index in [1.165, 1.54) is 32.1 Å². The molecule has 0 spiro atoms. The molecular weight excluding hydrogens is 236 g/mol. The van der Waals surface area contributed by atoms with Gasteiger partial charge >= 0.3 is 0 Å². The first-order valence-corrected chi connectivity index (χ1v) is 6.84. The fourth-order valence-corrected chi connectivity index (χ4v) is 2.86. The smallest absolute Gasteiger partial charge is 0.223 e. The summed E-state index contributed by atoms with van der Waals surface area (Å²) in [5.74, 6) is 1.32. The van der Waals surface area contributed by atoms with Gasteiger partial charge in [0.25, 0.3) is 0 Å². The first-order chi connectivity index (χ1) is 7.86. The van der Waals surface area contributed by atoms with Crippen LogP contribution in [0.4, 0.5) is 0 Å². The molecule has 0 radical (unpaired) electrons. The molecule has 3 nitrogen and oxygen atoms in total. The number of amides is 1. The van der Waals surface area contributed by atoms with Crippen molar-refractivity contribution in [1.82, 2.24) is 10.6 Å². The standard InChI is InChI=1S/C13H24N2O.ClH/c16-13(12-6-8-14-9-7-12)15-10-11-4-2-1-3-5-11;/h11-12,14H,1-10H2,(H,15,16);1H. The van der Waals surface area contributed by atoms with E-state index in [0.717, 1.165) is 38.4 Å². The van der Waals surface area contributed by atoms with Crippen LogP contribution in [0, 0.1) is 11.8 Å². The van der Waals surface area contributed by atoms with Crippen molar-refractivity contribution in [2.45, 2.75) is 44.9 Å². The Morgan fingerprint density at radius 3 is 2.35 bits per heavy atom. The normalized spacial score (nSPS) is 22.8. The number of halogens is 1. The molecule has 1 aliphatic carbocycles. The highest BCUT2D eigenvalue weighted by molar-refractivity contribution is 5.85. The summed E-state index contributed by atoms with van der Waals surface area (Å²) in [4.78, 5) is 11.9. The van der Waals surface area contributed by atoms with Crippen molar-refractivity contribution in [2.75, 3.05) is 19.6 Å². The largest absolute Gasteiger partial charge is 0.356 e. The van der Waals surface area contributed by atoms with Gasteiger partial charge in [0.05, 0.1) is 0 Å². The molecule has 1 aliphatic heterocycles. The van der Waals surface area contributed by atoms with Gasteiger partial charge in [-0.3, -0.25) is 4.79 Å². The summed E-state index contributed by atoms with van der Waals surface area (Å²) in [6.45, 7) is 2.92. The van der Waals surface area contributed by atoms with E-state index in [9.17, 15) is 4.79 Å². The summed E-state index contributed by atoms with van der Waals surface area (Å²) in [6, 6.07) is 0. The highest BCUT2D eigenvalue weighted by atomic mass is 35.5. The Kier molecular flexibility index (Phi) is 6.90. The molecule has 0 atom stereocenters. The van der Waals surface area contributed by atoms with E-state index in [0.29, 0.717) is 5.91 Å². The van der Waals surface area contributed by atoms with Crippen molar-refractivity contribution >= 4 is 18.3 Å². The summed E-state index contributed by atoms with van der Waals surface area (Å²) in [5.41, 5.74) is 0. The van der Waals surface area contributed by atoms with Crippen molar-refractivity contribution in [3.05, 3.63) is 0 Å². The summed E-state index contributed by atoms with van der Waals surface area (Å²) in [7, 11) is 0. The maximum Gasteiger partial charge on any atom is 0.223 e. The van der Waals surface area contributed by atoms with E-state index in [4.69, 9.17) is 0 Å². The van der Waals surface area contributed by atoms with Gasteiger partial charge < -0.3 is 10.6 Å². The number of carbonyl (C=O) groups excluding carboxylic acids is 1. The first kappa shape index (κ1) is 14.8. The monoisotopic (exact) mass is 260 g/mol. The lowest BCUT2D eigenvalue weighted by Gasteiger charge is -2.25. The number of carbonyl (C=O) groups is 1. The number of nitrogens with one attached hydrogen (secondary N) is 2. The van der Waals surface area contributed by atoms with Crippen LogP contribution in [0.2, 0.25) is 0 Å². The van der Waals surface area contributed by atoms with Gasteiger partial charge in [-0.2, -0.15) is 0 Å². The number of rotatable bonds is 3. The van der Waals surface area contributed by atoms with E-state index in [2.05, 4.69) is 10.6 Å². The lowest BCUT2D eigenvalue weighted by Crippen LogP contribution is -2.40. The number of piperidine rings is 1. The van der Waals surface area contributed by atoms with Crippen molar-refractivity contribution in [1.29, 1.82) is 0 Å². The predicted octanol–water partition coefficient (Wildman–Crippen LogP) is 2.10. The van der Waals surface area contributed by atoms with E-state index in [1.54, 1.807) is 0 Å². The third kappa shape index (κ3) is 4.84. The van der Waals surface area contributed by atoms with Crippen molar-refractivity contribution in [3.8, 4) is 0 Å². The second-order valence-corrected chi connectivity index (χ2v) is 5.27. The lowest BCUT2D eigenvalue weighted by molar-refractivity contribution is -0.125. The molecule has 17 heavy (non-hydrogen) atoms. The number of hydrogen-bond donors (Lipinski definition) is 2. The zero-order valence-electron chi connectivity index (χ0n) is 10.5. The number of hydrogen-bond acceptors (Lipinski definition) is 2. The molecule has 100 valence electrons. The third-order valence-electron chi connectivity index (χ3n) is 4.00. The van der Waals surface area contributed by atoms with Crippen LogP contribution < -0.4 is 10.6 Å². The first-order valence-electron chi connectivity index (χ1n) is 6.84. The second kappa shape index (κ2) is 7.93. The van der Waals surface area contributed by atoms with E-state index in [-0.39, 0.29) is 18.3 Å². The van der Waals surface area contributed by atoms with Crippen LogP contribution >= 0.6 is 12.4 Å². The zero-order valence-corrected chi connectivity index (χ0v) is 11.4. The van der Waals surface area contributed by atoms with Gasteiger partial charge in [0, 0.05) is 12.5 Å². The molecule has 2 fully saturated rings. The highest BCUT2D eigenvalue weighted by Crippen LogP contribution is 2.23. The molecule has 0 aromatic heterocycles. The van der Waals surface area contributed by atoms with Gasteiger partial charge in [-0.1, -0.05) is 19.3 Å². The molecular formula is C13H25ClN2O. The van der Waals surface area contributed by atoms with Gasteiger partial charge in [0.15, 0.2) is 0 Å². The summed E-state index contributed by atoms with van der Waals surface area (Å²) < 4.78 is 0. The van der Waals surface area contributed by atoms with Crippen LogP contribution in [0.15, 0.2) is 0 Å². The maximum atomic E-state index is 11.9. The Bertz CT molecular complexity index is 223. The van der Waals surface area contributed by atoms with E-state index >= 15 is 0 Å². The minimum Gasteiger partial charge on any atom is -0.356 e. The van der Waals surface area contributed by atoms with Gasteiger partial charge in [-0.25, -0.2) is 0 Å². The zero-order chi connectivity index (χ0) is 11.2. The van der Waals surface area contributed by atoms with Crippen molar-refractivity contribution < 1.29 is 4.79 Å². The molecule has 1 heterocycles. The molecule has 1 saturated heterocycles. The topological polar surface area (TPSA) is 41.1 Å². The molecule has 0 unspecified atom stereocenters. The molecule has 2 rings (SSSR count). The van der Waals surface area contributed by atoms with Gasteiger partial charge in [0.2, 0.25) is 5.91 Å². The average Bonchev–Trinajstić information content (AvgIpc) is 2.38. The molecule has 0 bridgehead atoms. The van der Waals surface area contributed by atoms with Crippen LogP contribution in [0.5, 0.6) is 0 Å². The lowest BCUT2D eigenvalue weighted by atomic mass is 9.89. The van der Waals surface area contributed by atoms with Gasteiger partial charge in [-0.15, -0.1) is 12.4 Å². The quantitative estimate of drug-likeness (QED) is 0.816. The Hall–Kier alpha value is -0.280. The fourth-order valence-electron chi connectivity index (χ4n) is 2.86. The summed E-state index contributed by atoms with van der Waals surface area (Å²) in [6.07, 6.45) is 8.74. The molecule has 0 aromatic carbocycles. The summed E-state index contributed by atoms with van der Waals surface area (Å²) in [5, 5.41) is 6.45. The van der Waals surface area contributed by atoms with E-state index in [1.807, 2.05) is 0 Å². The van der Waals surface area contributed by atoms with Crippen LogP contribution in [0.1, 0.15) is 44.9 Å². The Morgan fingerprint density at radius 2 is 1.71 bits per heavy atom. The highest BCUT2D eigenvalue weighted by Gasteiger charge is 2.21. The Labute approximate surface area is 111 Å². The minimum absolute atomic E-state index is 0. The van der Waals surface area contributed by atoms with Gasteiger partial charge in [-0.05, 0) is 44.7 Å². The third-order valence-corrected chi connectivity index (χ3v) is 4.00. The fraction of sp³-hybridized carbons (Fsp3) is 0.923. The molecule has 2 N–H and O–H groups in total. The van der Waals surface area contributed by atoms with Gasteiger partial charge in [0.1, 0.15) is 0 Å². The minimum atomic E-state index is 0. The molecule has 1 amide bonds. The Morgan fingerprint density at radius 1 is 1.06 bits per heavy atom. The van der Waals surface area contributed by atoms with Crippen LogP contribution in [0.3, 0.4) is 0 Å². The molecule has 4 heteroatoms. The second-order valence-electron chi connectivity index (χ2n) is 5.27. The molecule has 1 saturated carbocycles.